The topological polar surface area (TPSA) is 76.2 Å². The average Bonchev–Trinajstić information content (AvgIpc) is 3.66. The molecule has 0 N–H and O–H groups in total. The minimum absolute atomic E-state index is 0.0912. The van der Waals surface area contributed by atoms with E-state index >= 15 is 0 Å². The number of benzene rings is 2. The van der Waals surface area contributed by atoms with Crippen LogP contribution in [-0.2, 0) is 29.7 Å². The molecule has 3 fully saturated rings. The monoisotopic (exact) mass is 620 g/mol. The molecule has 0 spiro atoms. The normalized spacial score (nSPS) is 20.1. The largest absolute Gasteiger partial charge is 0.372 e. The Hall–Kier alpha value is -2.04. The zero-order valence-electron chi connectivity index (χ0n) is 24.4. The second kappa shape index (κ2) is 13.7. The number of carbonyl (C=O) groups excluding carboxylic acids is 1. The van der Waals surface area contributed by atoms with E-state index in [1.165, 1.54) is 18.9 Å². The van der Waals surface area contributed by atoms with Gasteiger partial charge >= 0.3 is 0 Å². The average molecular weight is 621 g/mol. The van der Waals surface area contributed by atoms with E-state index in [0.29, 0.717) is 44.5 Å². The highest BCUT2D eigenvalue weighted by Crippen LogP contribution is 2.42. The lowest BCUT2D eigenvalue weighted by Crippen LogP contribution is -2.48. The maximum atomic E-state index is 14.2. The maximum Gasteiger partial charge on any atom is 0.248 e. The molecule has 10 heteroatoms. The van der Waals surface area contributed by atoms with Crippen molar-refractivity contribution < 1.29 is 27.1 Å². The van der Waals surface area contributed by atoms with Gasteiger partial charge in [-0.25, -0.2) is 12.8 Å². The Labute approximate surface area is 254 Å². The van der Waals surface area contributed by atoms with Gasteiger partial charge in [0.05, 0.1) is 27.4 Å². The highest BCUT2D eigenvalue weighted by Gasteiger charge is 2.42. The minimum Gasteiger partial charge on any atom is -0.372 e. The molecule has 5 rings (SSSR count). The number of hydrogen-bond donors (Lipinski definition) is 0. The van der Waals surface area contributed by atoms with E-state index in [9.17, 15) is 17.6 Å². The number of aryl methyl sites for hydroxylation is 1. The van der Waals surface area contributed by atoms with Crippen molar-refractivity contribution in [3.63, 3.8) is 0 Å². The van der Waals surface area contributed by atoms with E-state index in [1.807, 2.05) is 6.07 Å². The van der Waals surface area contributed by atoms with Gasteiger partial charge in [-0.2, -0.15) is 0 Å². The van der Waals surface area contributed by atoms with E-state index in [4.69, 9.17) is 21.1 Å². The minimum atomic E-state index is -3.63. The van der Waals surface area contributed by atoms with Gasteiger partial charge in [0.15, 0.2) is 9.84 Å². The van der Waals surface area contributed by atoms with Crippen molar-refractivity contribution >= 4 is 27.3 Å². The first-order chi connectivity index (χ1) is 20.2. The molecule has 2 aromatic carbocycles. The summed E-state index contributed by atoms with van der Waals surface area (Å²) < 4.78 is 53.5. The Morgan fingerprint density at radius 2 is 1.79 bits per heavy atom. The number of amides is 1. The molecule has 0 aromatic heterocycles. The number of hydrogen-bond acceptors (Lipinski definition) is 6. The number of sulfone groups is 1. The zero-order valence-corrected chi connectivity index (χ0v) is 26.0. The predicted molar refractivity (Wildman–Crippen MR) is 161 cm³/mol. The third-order valence-corrected chi connectivity index (χ3v) is 12.0. The summed E-state index contributed by atoms with van der Waals surface area (Å²) in [5.41, 5.74) is 0.819. The Kier molecular flexibility index (Phi) is 10.3. The third kappa shape index (κ3) is 7.36. The van der Waals surface area contributed by atoms with Crippen LogP contribution in [0.2, 0.25) is 5.02 Å². The van der Waals surface area contributed by atoms with Crippen molar-refractivity contribution in [2.75, 3.05) is 52.5 Å². The summed E-state index contributed by atoms with van der Waals surface area (Å²) in [7, 11) is -3.63. The van der Waals surface area contributed by atoms with Gasteiger partial charge in [-0.1, -0.05) is 35.9 Å². The third-order valence-electron chi connectivity index (χ3n) is 9.03. The molecule has 1 unspecified atom stereocenters. The molecule has 230 valence electrons. The molecule has 1 amide bonds. The van der Waals surface area contributed by atoms with Crippen molar-refractivity contribution in [3.05, 3.63) is 64.4 Å². The summed E-state index contributed by atoms with van der Waals surface area (Å²) in [5.74, 6) is -0.334. The molecule has 0 bridgehead atoms. The molecular weight excluding hydrogens is 579 g/mol. The Balaban J connectivity index is 1.14. The lowest BCUT2D eigenvalue weighted by molar-refractivity contribution is -0.144. The van der Waals surface area contributed by atoms with Gasteiger partial charge in [0.25, 0.3) is 0 Å². The predicted octanol–water partition coefficient (Wildman–Crippen LogP) is 5.38. The number of carbonyl (C=O) groups is 1. The summed E-state index contributed by atoms with van der Waals surface area (Å²) >= 11 is 6.31. The molecular formula is C32H42ClFN2O5S. The quantitative estimate of drug-likeness (QED) is 0.280. The van der Waals surface area contributed by atoms with Gasteiger partial charge < -0.3 is 19.3 Å². The molecule has 2 aromatic rings. The second-order valence-electron chi connectivity index (χ2n) is 11.9. The van der Waals surface area contributed by atoms with Crippen molar-refractivity contribution in [1.82, 2.24) is 9.80 Å². The molecule has 2 heterocycles. The number of halogens is 2. The molecule has 42 heavy (non-hydrogen) atoms. The Morgan fingerprint density at radius 3 is 2.45 bits per heavy atom. The second-order valence-corrected chi connectivity index (χ2v) is 14.4. The number of likely N-dealkylation sites (tertiary alicyclic amines) is 2. The van der Waals surface area contributed by atoms with E-state index < -0.39 is 20.7 Å². The van der Waals surface area contributed by atoms with Crippen LogP contribution in [0, 0.1) is 18.7 Å². The summed E-state index contributed by atoms with van der Waals surface area (Å²) in [5, 5.41) is -0.332. The van der Waals surface area contributed by atoms with Crippen LogP contribution in [0.1, 0.15) is 56.1 Å². The van der Waals surface area contributed by atoms with Crippen LogP contribution in [0.15, 0.2) is 47.4 Å². The van der Waals surface area contributed by atoms with Crippen molar-refractivity contribution in [3.8, 4) is 0 Å². The molecule has 3 aliphatic rings. The lowest BCUT2D eigenvalue weighted by Gasteiger charge is -2.42. The van der Waals surface area contributed by atoms with Crippen LogP contribution in [0.4, 0.5) is 4.39 Å². The van der Waals surface area contributed by atoms with Crippen LogP contribution < -0.4 is 0 Å². The smallest absolute Gasteiger partial charge is 0.248 e. The Morgan fingerprint density at radius 1 is 1.07 bits per heavy atom. The fourth-order valence-electron chi connectivity index (χ4n) is 6.47. The van der Waals surface area contributed by atoms with E-state index in [0.717, 1.165) is 38.0 Å². The van der Waals surface area contributed by atoms with Crippen LogP contribution in [-0.4, -0.2) is 81.9 Å². The van der Waals surface area contributed by atoms with Gasteiger partial charge in [0, 0.05) is 26.2 Å². The van der Waals surface area contributed by atoms with Crippen LogP contribution in [0.25, 0.3) is 0 Å². The van der Waals surface area contributed by atoms with E-state index in [-0.39, 0.29) is 40.8 Å². The SMILES string of the molecule is Cc1cccc(Cl)c1S(=O)(=O)C(CCOCC(=O)N1CCC(OCCN2CCCC2)(c2cccc(F)c2)CC1)C1CC1. The van der Waals surface area contributed by atoms with E-state index in [1.54, 1.807) is 42.2 Å². The van der Waals surface area contributed by atoms with Gasteiger partial charge in [0.2, 0.25) is 5.91 Å². The molecule has 1 saturated carbocycles. The van der Waals surface area contributed by atoms with Gasteiger partial charge in [-0.05, 0) is 100 Å². The molecule has 2 saturated heterocycles. The van der Waals surface area contributed by atoms with Crippen molar-refractivity contribution in [2.24, 2.45) is 5.92 Å². The molecule has 1 aliphatic carbocycles. The van der Waals surface area contributed by atoms with Crippen molar-refractivity contribution in [2.45, 2.75) is 67.6 Å². The molecule has 0 radical (unpaired) electrons. The summed E-state index contributed by atoms with van der Waals surface area (Å²) in [4.78, 5) is 17.4. The highest BCUT2D eigenvalue weighted by atomic mass is 35.5. The summed E-state index contributed by atoms with van der Waals surface area (Å²) in [6.45, 7) is 6.38. The molecule has 1 atom stereocenters. The lowest BCUT2D eigenvalue weighted by atomic mass is 9.84. The first-order valence-electron chi connectivity index (χ1n) is 15.2. The van der Waals surface area contributed by atoms with Crippen molar-refractivity contribution in [1.29, 1.82) is 0 Å². The standard InChI is InChI=1S/C32H42ClFN2O5S/c1-24-6-4-9-28(33)31(24)42(38,39)29(25-10-11-25)12-20-40-23-30(37)36-17-13-32(14-18-36,26-7-5-8-27(34)22-26)41-21-19-35-15-2-3-16-35/h4-9,22,25,29H,2-3,10-21,23H2,1H3. The molecule has 2 aliphatic heterocycles. The van der Waals surface area contributed by atoms with Crippen LogP contribution >= 0.6 is 11.6 Å². The number of nitrogens with zero attached hydrogens (tertiary/aromatic N) is 2. The fraction of sp³-hybridized carbons (Fsp3) is 0.594. The van der Waals surface area contributed by atoms with E-state index in [2.05, 4.69) is 4.90 Å². The zero-order chi connectivity index (χ0) is 29.7. The fourth-order valence-corrected chi connectivity index (χ4v) is 9.36. The van der Waals surface area contributed by atoms with Crippen LogP contribution in [0.3, 0.4) is 0 Å². The first kappa shape index (κ1) is 31.4. The number of rotatable bonds is 13. The highest BCUT2D eigenvalue weighted by molar-refractivity contribution is 7.92. The van der Waals surface area contributed by atoms with Crippen LogP contribution in [0.5, 0.6) is 0 Å². The van der Waals surface area contributed by atoms with Gasteiger partial charge in [0.1, 0.15) is 12.4 Å². The van der Waals surface area contributed by atoms with Gasteiger partial charge in [-0.3, -0.25) is 4.79 Å². The Bertz CT molecular complexity index is 1320. The summed E-state index contributed by atoms with van der Waals surface area (Å²) in [6, 6.07) is 11.7. The maximum absolute atomic E-state index is 14.2. The number of piperidine rings is 1. The summed E-state index contributed by atoms with van der Waals surface area (Å²) in [6.07, 6.45) is 5.63. The number of ether oxygens (including phenoxy) is 2. The first-order valence-corrected chi connectivity index (χ1v) is 17.1. The molecule has 7 nitrogen and oxygen atoms in total. The van der Waals surface area contributed by atoms with Gasteiger partial charge in [-0.15, -0.1) is 0 Å².